The summed E-state index contributed by atoms with van der Waals surface area (Å²) >= 11 is 0. The van der Waals surface area contributed by atoms with Gasteiger partial charge in [-0.3, -0.25) is 9.78 Å². The second-order valence-electron chi connectivity index (χ2n) is 10.4. The van der Waals surface area contributed by atoms with Gasteiger partial charge in [0.1, 0.15) is 12.4 Å². The molecule has 1 aliphatic rings. The summed E-state index contributed by atoms with van der Waals surface area (Å²) in [4.78, 5) is 30.5. The summed E-state index contributed by atoms with van der Waals surface area (Å²) in [5, 5.41) is 13.0. The highest BCUT2D eigenvalue weighted by Crippen LogP contribution is 2.35. The van der Waals surface area contributed by atoms with Gasteiger partial charge < -0.3 is 35.1 Å². The first-order valence-corrected chi connectivity index (χ1v) is 13.4. The van der Waals surface area contributed by atoms with Crippen molar-refractivity contribution in [1.29, 1.82) is 0 Å². The number of imidazole rings is 1. The first-order chi connectivity index (χ1) is 21.0. The molecule has 44 heavy (non-hydrogen) atoms. The topological polar surface area (TPSA) is 154 Å². The predicted octanol–water partition coefficient (Wildman–Crippen LogP) is 2.73. The minimum Gasteiger partial charge on any atom is -0.491 e. The summed E-state index contributed by atoms with van der Waals surface area (Å²) < 4.78 is 68.5. The maximum Gasteiger partial charge on any atom is 0.266 e. The van der Waals surface area contributed by atoms with E-state index in [1.54, 1.807) is 15.5 Å². The second kappa shape index (κ2) is 12.3. The number of ether oxygens (including phenoxy) is 2. The van der Waals surface area contributed by atoms with Crippen molar-refractivity contribution in [2.75, 3.05) is 37.5 Å². The van der Waals surface area contributed by atoms with Crippen LogP contribution in [0.4, 0.5) is 29.1 Å². The van der Waals surface area contributed by atoms with Crippen LogP contribution in [0.5, 0.6) is 5.75 Å². The van der Waals surface area contributed by atoms with Crippen LogP contribution in [0.1, 0.15) is 18.9 Å². The molecule has 0 saturated carbocycles. The molecule has 1 fully saturated rings. The lowest BCUT2D eigenvalue weighted by Gasteiger charge is -2.48. The van der Waals surface area contributed by atoms with E-state index in [2.05, 4.69) is 25.3 Å². The number of benzene rings is 1. The number of carbonyl (C=O) groups is 1. The van der Waals surface area contributed by atoms with Crippen LogP contribution in [0, 0.1) is 11.6 Å². The third kappa shape index (κ3) is 5.75. The molecule has 4 heterocycles. The highest BCUT2D eigenvalue weighted by molar-refractivity contribution is 5.95. The number of aliphatic hydroxyl groups excluding tert-OH is 1. The first kappa shape index (κ1) is 31.0. The SMILES string of the molecule is COc1c(F)cc(-c2cc(Cn3cnc4c(NC(C)=O)ncnc43)c(N3CCC(OC)[C@](N)([C@@H](O)C(F)F)C3)cn2)cc1F. The van der Waals surface area contributed by atoms with E-state index >= 15 is 0 Å². The van der Waals surface area contributed by atoms with Crippen molar-refractivity contribution >= 4 is 28.6 Å². The Hall–Kier alpha value is -4.41. The van der Waals surface area contributed by atoms with E-state index in [1.165, 1.54) is 32.9 Å². The van der Waals surface area contributed by atoms with Gasteiger partial charge in [-0.1, -0.05) is 0 Å². The van der Waals surface area contributed by atoms with Gasteiger partial charge in [0.25, 0.3) is 6.43 Å². The smallest absolute Gasteiger partial charge is 0.266 e. The number of nitrogens with two attached hydrogens (primary N) is 1. The van der Waals surface area contributed by atoms with Crippen LogP contribution in [-0.4, -0.2) is 87.0 Å². The fourth-order valence-corrected chi connectivity index (χ4v) is 5.51. The quantitative estimate of drug-likeness (QED) is 0.239. The average Bonchev–Trinajstić information content (AvgIpc) is 3.39. The number of nitrogens with one attached hydrogen (secondary N) is 1. The van der Waals surface area contributed by atoms with Gasteiger partial charge in [0, 0.05) is 32.7 Å². The van der Waals surface area contributed by atoms with Gasteiger partial charge >= 0.3 is 0 Å². The van der Waals surface area contributed by atoms with Crippen LogP contribution in [0.2, 0.25) is 0 Å². The summed E-state index contributed by atoms with van der Waals surface area (Å²) in [6, 6.07) is 3.77. The second-order valence-corrected chi connectivity index (χ2v) is 10.4. The lowest BCUT2D eigenvalue weighted by molar-refractivity contribution is -0.114. The van der Waals surface area contributed by atoms with Crippen molar-refractivity contribution in [3.8, 4) is 17.0 Å². The fraction of sp³-hybridized carbons (Fsp3) is 0.393. The number of rotatable bonds is 9. The highest BCUT2D eigenvalue weighted by Gasteiger charge is 2.50. The molecular weight excluding hydrogens is 588 g/mol. The van der Waals surface area contributed by atoms with Gasteiger partial charge in [-0.15, -0.1) is 0 Å². The van der Waals surface area contributed by atoms with E-state index in [1.807, 2.05) is 0 Å². The number of pyridine rings is 1. The van der Waals surface area contributed by atoms with Crippen molar-refractivity contribution in [3.05, 3.63) is 54.2 Å². The first-order valence-electron chi connectivity index (χ1n) is 13.4. The number of aliphatic hydroxyl groups is 1. The number of hydrogen-bond acceptors (Lipinski definition) is 10. The van der Waals surface area contributed by atoms with Gasteiger partial charge in [0.2, 0.25) is 5.91 Å². The Labute approximate surface area is 248 Å². The molecule has 1 unspecified atom stereocenters. The van der Waals surface area contributed by atoms with Crippen LogP contribution in [-0.2, 0) is 16.1 Å². The Balaban J connectivity index is 1.61. The molecule has 12 nitrogen and oxygen atoms in total. The van der Waals surface area contributed by atoms with Crippen molar-refractivity contribution in [2.24, 2.45) is 5.73 Å². The van der Waals surface area contributed by atoms with Crippen molar-refractivity contribution in [3.63, 3.8) is 0 Å². The molecule has 1 aliphatic heterocycles. The van der Waals surface area contributed by atoms with Crippen LogP contribution in [0.15, 0.2) is 37.1 Å². The van der Waals surface area contributed by atoms with Gasteiger partial charge in [0.05, 0.1) is 49.2 Å². The lowest BCUT2D eigenvalue weighted by Crippen LogP contribution is -2.70. The summed E-state index contributed by atoms with van der Waals surface area (Å²) in [5.41, 5.74) is 6.60. The number of piperidine rings is 1. The molecule has 1 saturated heterocycles. The predicted molar refractivity (Wildman–Crippen MR) is 151 cm³/mol. The minimum absolute atomic E-state index is 0.0815. The number of aromatic nitrogens is 5. The Morgan fingerprint density at radius 3 is 2.55 bits per heavy atom. The standard InChI is InChI=1S/C28H30F4N8O4/c1-14(41)38-26-22-27(36-12-35-26)40(13-37-22)10-16-8-19(15-6-17(29)23(44-3)18(30)7-15)34-9-20(16)39-5-4-21(43-2)28(33,11-39)24(42)25(31)32/h6-9,12-13,21,24-25,42H,4-5,10-11,33H2,1-3H3,(H,35,36,38,41)/t21?,24-,28-/m0/s1. The Bertz CT molecular complexity index is 1660. The molecule has 5 rings (SSSR count). The number of anilines is 2. The summed E-state index contributed by atoms with van der Waals surface area (Å²) in [6.45, 7) is 1.51. The zero-order chi connectivity index (χ0) is 31.8. The number of alkyl halides is 2. The molecule has 0 radical (unpaired) electrons. The van der Waals surface area contributed by atoms with Gasteiger partial charge in [0.15, 0.2) is 34.4 Å². The van der Waals surface area contributed by atoms with Crippen molar-refractivity contribution in [2.45, 2.75) is 44.1 Å². The average molecular weight is 619 g/mol. The summed E-state index contributed by atoms with van der Waals surface area (Å²) in [5.74, 6) is -2.53. The Morgan fingerprint density at radius 1 is 1.18 bits per heavy atom. The monoisotopic (exact) mass is 618 g/mol. The van der Waals surface area contributed by atoms with Gasteiger partial charge in [-0.05, 0) is 30.2 Å². The molecule has 0 aliphatic carbocycles. The zero-order valence-corrected chi connectivity index (χ0v) is 24.0. The van der Waals surface area contributed by atoms with Crippen molar-refractivity contribution < 1.29 is 36.9 Å². The van der Waals surface area contributed by atoms with Crippen LogP contribution < -0.4 is 20.7 Å². The van der Waals surface area contributed by atoms with Gasteiger partial charge in [-0.2, -0.15) is 0 Å². The number of nitrogens with zero attached hydrogens (tertiary/aromatic N) is 6. The van der Waals surface area contributed by atoms with E-state index in [-0.39, 0.29) is 42.5 Å². The molecule has 0 spiro atoms. The molecule has 234 valence electrons. The molecule has 0 bridgehead atoms. The number of fused-ring (bicyclic) bond motifs is 1. The molecule has 3 aromatic heterocycles. The molecular formula is C28H30F4N8O4. The number of carbonyl (C=O) groups excluding carboxylic acids is 1. The van der Waals surface area contributed by atoms with Crippen LogP contribution >= 0.6 is 0 Å². The van der Waals surface area contributed by atoms with E-state index in [4.69, 9.17) is 15.2 Å². The Morgan fingerprint density at radius 2 is 1.91 bits per heavy atom. The normalized spacial score (nSPS) is 19.4. The van der Waals surface area contributed by atoms with E-state index in [0.717, 1.165) is 19.2 Å². The molecule has 16 heteroatoms. The van der Waals surface area contributed by atoms with Gasteiger partial charge in [-0.25, -0.2) is 32.5 Å². The minimum atomic E-state index is -3.12. The summed E-state index contributed by atoms with van der Waals surface area (Å²) in [7, 11) is 2.49. The molecule has 1 aromatic carbocycles. The highest BCUT2D eigenvalue weighted by atomic mass is 19.3. The maximum absolute atomic E-state index is 14.6. The fourth-order valence-electron chi connectivity index (χ4n) is 5.51. The third-order valence-corrected chi connectivity index (χ3v) is 7.64. The third-order valence-electron chi connectivity index (χ3n) is 7.64. The largest absolute Gasteiger partial charge is 0.491 e. The van der Waals surface area contributed by atoms with E-state index in [9.17, 15) is 27.5 Å². The van der Waals surface area contributed by atoms with E-state index in [0.29, 0.717) is 29.0 Å². The van der Waals surface area contributed by atoms with Crippen LogP contribution in [0.25, 0.3) is 22.4 Å². The number of hydrogen-bond donors (Lipinski definition) is 3. The lowest BCUT2D eigenvalue weighted by atomic mass is 9.81. The van der Waals surface area contributed by atoms with Crippen molar-refractivity contribution in [1.82, 2.24) is 24.5 Å². The maximum atomic E-state index is 14.6. The number of amides is 1. The Kier molecular flexibility index (Phi) is 8.67. The van der Waals surface area contributed by atoms with Crippen LogP contribution in [0.3, 0.4) is 0 Å². The van der Waals surface area contributed by atoms with E-state index < -0.39 is 41.6 Å². The molecule has 3 atom stereocenters. The summed E-state index contributed by atoms with van der Waals surface area (Å²) in [6.07, 6.45) is -1.75. The number of methoxy groups -OCH3 is 2. The number of halogens is 4. The molecule has 1 amide bonds. The molecule has 4 N–H and O–H groups in total. The zero-order valence-electron chi connectivity index (χ0n) is 24.0. The molecule has 4 aromatic rings.